The highest BCUT2D eigenvalue weighted by molar-refractivity contribution is 5.95. The summed E-state index contributed by atoms with van der Waals surface area (Å²) in [7, 11) is 0. The maximum absolute atomic E-state index is 12.8. The zero-order valence-electron chi connectivity index (χ0n) is 18.7. The molecule has 5 amide bonds. The summed E-state index contributed by atoms with van der Waals surface area (Å²) >= 11 is 0. The fourth-order valence-corrected chi connectivity index (χ4v) is 2.87. The van der Waals surface area contributed by atoms with E-state index in [9.17, 15) is 33.9 Å². The molecule has 1 rings (SSSR count). The van der Waals surface area contributed by atoms with Gasteiger partial charge in [0.2, 0.25) is 29.5 Å². The standard InChI is InChI=1S/C21H30N6O7/c1-11(25-19(31)13(22)10-17(24)29)18(30)26-14(7-8-16(23)28)20(32)27-15(21(33)34)9-12-5-3-2-4-6-12/h2-6,11,13-15H,7-10,22H2,1H3,(H2,23,28)(H2,24,29)(H,25,31)(H,26,30)(H,27,32)(H,33,34). The summed E-state index contributed by atoms with van der Waals surface area (Å²) in [4.78, 5) is 71.0. The lowest BCUT2D eigenvalue weighted by atomic mass is 10.0. The molecule has 10 N–H and O–H groups in total. The molecule has 0 aliphatic rings. The molecule has 13 heteroatoms. The maximum atomic E-state index is 12.8. The van der Waals surface area contributed by atoms with Gasteiger partial charge in [0.25, 0.3) is 0 Å². The Hall–Kier alpha value is -4.00. The topological polar surface area (TPSA) is 237 Å². The number of carboxylic acid groups (broad SMARTS) is 1. The van der Waals surface area contributed by atoms with Crippen molar-refractivity contribution in [2.75, 3.05) is 0 Å². The molecule has 1 aromatic carbocycles. The molecule has 186 valence electrons. The van der Waals surface area contributed by atoms with Crippen LogP contribution in [0.4, 0.5) is 0 Å². The number of amides is 5. The average Bonchev–Trinajstić information content (AvgIpc) is 2.75. The molecule has 0 aliphatic heterocycles. The summed E-state index contributed by atoms with van der Waals surface area (Å²) < 4.78 is 0. The second-order valence-electron chi connectivity index (χ2n) is 7.66. The minimum absolute atomic E-state index is 0.0113. The van der Waals surface area contributed by atoms with Crippen LogP contribution in [-0.4, -0.2) is 64.8 Å². The number of carbonyl (C=O) groups excluding carboxylic acids is 5. The van der Waals surface area contributed by atoms with E-state index in [0.29, 0.717) is 5.56 Å². The van der Waals surface area contributed by atoms with Crippen LogP contribution < -0.4 is 33.2 Å². The molecule has 0 aromatic heterocycles. The molecule has 0 heterocycles. The smallest absolute Gasteiger partial charge is 0.326 e. The summed E-state index contributed by atoms with van der Waals surface area (Å²) in [6, 6.07) is 3.54. The Bertz CT molecular complexity index is 908. The van der Waals surface area contributed by atoms with E-state index in [2.05, 4.69) is 16.0 Å². The zero-order chi connectivity index (χ0) is 25.8. The molecule has 0 saturated carbocycles. The van der Waals surface area contributed by atoms with Gasteiger partial charge in [-0.05, 0) is 18.9 Å². The molecule has 0 bridgehead atoms. The predicted molar refractivity (Wildman–Crippen MR) is 119 cm³/mol. The lowest BCUT2D eigenvalue weighted by molar-refractivity contribution is -0.142. The van der Waals surface area contributed by atoms with Gasteiger partial charge in [-0.15, -0.1) is 0 Å². The maximum Gasteiger partial charge on any atom is 0.326 e. The molecule has 4 atom stereocenters. The molecule has 13 nitrogen and oxygen atoms in total. The number of hydrogen-bond acceptors (Lipinski definition) is 7. The Labute approximate surface area is 195 Å². The van der Waals surface area contributed by atoms with E-state index in [0.717, 1.165) is 0 Å². The lowest BCUT2D eigenvalue weighted by Crippen LogP contribution is -2.56. The van der Waals surface area contributed by atoms with Crippen molar-refractivity contribution in [1.29, 1.82) is 0 Å². The molecule has 34 heavy (non-hydrogen) atoms. The van der Waals surface area contributed by atoms with Crippen LogP contribution in [0.5, 0.6) is 0 Å². The van der Waals surface area contributed by atoms with E-state index in [-0.39, 0.29) is 19.3 Å². The van der Waals surface area contributed by atoms with Gasteiger partial charge < -0.3 is 38.3 Å². The Balaban J connectivity index is 2.86. The van der Waals surface area contributed by atoms with Crippen LogP contribution >= 0.6 is 0 Å². The third-order valence-corrected chi connectivity index (χ3v) is 4.72. The Kier molecular flexibility index (Phi) is 11.2. The number of carbonyl (C=O) groups is 6. The highest BCUT2D eigenvalue weighted by Crippen LogP contribution is 2.06. The number of primary amides is 2. The molecule has 0 saturated heterocycles. The van der Waals surface area contributed by atoms with Gasteiger partial charge in [-0.1, -0.05) is 30.3 Å². The normalized spacial score (nSPS) is 14.1. The van der Waals surface area contributed by atoms with Crippen molar-refractivity contribution >= 4 is 35.5 Å². The first-order valence-electron chi connectivity index (χ1n) is 10.4. The predicted octanol–water partition coefficient (Wildman–Crippen LogP) is -2.74. The van der Waals surface area contributed by atoms with Crippen LogP contribution in [0.1, 0.15) is 31.7 Å². The molecule has 0 spiro atoms. The van der Waals surface area contributed by atoms with Gasteiger partial charge in [-0.25, -0.2) is 4.79 Å². The Morgan fingerprint density at radius 2 is 1.44 bits per heavy atom. The number of benzene rings is 1. The zero-order valence-corrected chi connectivity index (χ0v) is 18.7. The molecule has 1 aromatic rings. The number of nitrogens with two attached hydrogens (primary N) is 3. The van der Waals surface area contributed by atoms with Crippen LogP contribution in [-0.2, 0) is 35.2 Å². The third kappa shape index (κ3) is 10.1. The molecule has 4 unspecified atom stereocenters. The quantitative estimate of drug-likeness (QED) is 0.148. The van der Waals surface area contributed by atoms with Crippen molar-refractivity contribution in [1.82, 2.24) is 16.0 Å². The summed E-state index contributed by atoms with van der Waals surface area (Å²) in [5.74, 6) is -5.29. The van der Waals surface area contributed by atoms with Crippen molar-refractivity contribution in [3.63, 3.8) is 0 Å². The second kappa shape index (κ2) is 13.5. The summed E-state index contributed by atoms with van der Waals surface area (Å²) in [5.41, 5.74) is 16.3. The highest BCUT2D eigenvalue weighted by atomic mass is 16.4. The van der Waals surface area contributed by atoms with Crippen LogP contribution in [0, 0.1) is 0 Å². The first-order chi connectivity index (χ1) is 15.9. The SMILES string of the molecule is CC(NC(=O)C(N)CC(N)=O)C(=O)NC(CCC(N)=O)C(=O)NC(Cc1ccccc1)C(=O)O. The fourth-order valence-electron chi connectivity index (χ4n) is 2.87. The van der Waals surface area contributed by atoms with Crippen LogP contribution in [0.15, 0.2) is 30.3 Å². The highest BCUT2D eigenvalue weighted by Gasteiger charge is 2.29. The van der Waals surface area contributed by atoms with E-state index in [1.165, 1.54) is 6.92 Å². The number of nitrogens with one attached hydrogen (secondary N) is 3. The third-order valence-electron chi connectivity index (χ3n) is 4.72. The first kappa shape index (κ1) is 28.0. The van der Waals surface area contributed by atoms with Gasteiger partial charge in [-0.3, -0.25) is 24.0 Å². The van der Waals surface area contributed by atoms with Gasteiger partial charge in [0, 0.05) is 12.8 Å². The molecule has 0 radical (unpaired) electrons. The number of carboxylic acids is 1. The molecule has 0 fully saturated rings. The molecule has 0 aliphatic carbocycles. The van der Waals surface area contributed by atoms with E-state index in [1.807, 2.05) is 0 Å². The number of aliphatic carboxylic acids is 1. The summed E-state index contributed by atoms with van der Waals surface area (Å²) in [6.07, 6.45) is -0.907. The molecular formula is C21H30N6O7. The van der Waals surface area contributed by atoms with E-state index in [4.69, 9.17) is 17.2 Å². The minimum atomic E-state index is -1.31. The van der Waals surface area contributed by atoms with Crippen molar-refractivity contribution in [3.8, 4) is 0 Å². The second-order valence-corrected chi connectivity index (χ2v) is 7.66. The van der Waals surface area contributed by atoms with Crippen molar-refractivity contribution < 1.29 is 33.9 Å². The lowest BCUT2D eigenvalue weighted by Gasteiger charge is -2.23. The Morgan fingerprint density at radius 1 is 0.853 bits per heavy atom. The van der Waals surface area contributed by atoms with Gasteiger partial charge in [0.15, 0.2) is 0 Å². The first-order valence-corrected chi connectivity index (χ1v) is 10.4. The van der Waals surface area contributed by atoms with E-state index < -0.39 is 66.1 Å². The largest absolute Gasteiger partial charge is 0.480 e. The average molecular weight is 479 g/mol. The van der Waals surface area contributed by atoms with E-state index in [1.54, 1.807) is 30.3 Å². The van der Waals surface area contributed by atoms with Gasteiger partial charge in [0.1, 0.15) is 18.1 Å². The van der Waals surface area contributed by atoms with Crippen LogP contribution in [0.3, 0.4) is 0 Å². The molecular weight excluding hydrogens is 448 g/mol. The van der Waals surface area contributed by atoms with Gasteiger partial charge >= 0.3 is 5.97 Å². The van der Waals surface area contributed by atoms with Crippen molar-refractivity contribution in [2.24, 2.45) is 17.2 Å². The monoisotopic (exact) mass is 478 g/mol. The Morgan fingerprint density at radius 3 is 1.97 bits per heavy atom. The minimum Gasteiger partial charge on any atom is -0.480 e. The fraction of sp³-hybridized carbons (Fsp3) is 0.429. The number of rotatable bonds is 14. The van der Waals surface area contributed by atoms with Crippen molar-refractivity contribution in [3.05, 3.63) is 35.9 Å². The van der Waals surface area contributed by atoms with Crippen LogP contribution in [0.2, 0.25) is 0 Å². The number of hydrogen-bond donors (Lipinski definition) is 7. The van der Waals surface area contributed by atoms with Gasteiger partial charge in [-0.2, -0.15) is 0 Å². The van der Waals surface area contributed by atoms with Crippen molar-refractivity contribution in [2.45, 2.75) is 56.8 Å². The van der Waals surface area contributed by atoms with Gasteiger partial charge in [0.05, 0.1) is 12.5 Å². The summed E-state index contributed by atoms with van der Waals surface area (Å²) in [5, 5.41) is 16.5. The summed E-state index contributed by atoms with van der Waals surface area (Å²) in [6.45, 7) is 1.31. The van der Waals surface area contributed by atoms with Crippen LogP contribution in [0.25, 0.3) is 0 Å². The van der Waals surface area contributed by atoms with E-state index >= 15 is 0 Å².